The fourth-order valence-corrected chi connectivity index (χ4v) is 0.912. The first-order chi connectivity index (χ1) is 6.11. The lowest BCUT2D eigenvalue weighted by atomic mass is 10.1. The van der Waals surface area contributed by atoms with Crippen LogP contribution in [0.15, 0.2) is 52.7 Å². The quantitative estimate of drug-likeness (QED) is 0.576. The monoisotopic (exact) mass is 173 g/mol. The van der Waals surface area contributed by atoms with Crippen LogP contribution in [-0.4, -0.2) is 5.71 Å². The summed E-state index contributed by atoms with van der Waals surface area (Å²) in [6.45, 7) is 10.1. The molecule has 1 aliphatic rings. The molecule has 0 N–H and O–H groups in total. The van der Waals surface area contributed by atoms with E-state index in [1.54, 1.807) is 0 Å². The Balaban J connectivity index is 2.96. The Labute approximate surface area is 79.9 Å². The first kappa shape index (κ1) is 9.72. The van der Waals surface area contributed by atoms with Crippen molar-refractivity contribution in [2.24, 2.45) is 4.99 Å². The highest BCUT2D eigenvalue weighted by Crippen LogP contribution is 2.10. The van der Waals surface area contributed by atoms with Crippen LogP contribution in [0.4, 0.5) is 0 Å². The molecule has 0 heterocycles. The van der Waals surface area contributed by atoms with Crippen molar-refractivity contribution < 1.29 is 0 Å². The van der Waals surface area contributed by atoms with Gasteiger partial charge in [-0.3, -0.25) is 4.99 Å². The first-order valence-electron chi connectivity index (χ1n) is 4.38. The zero-order valence-corrected chi connectivity index (χ0v) is 8.46. The number of hydrogen-bond donors (Lipinski definition) is 0. The van der Waals surface area contributed by atoms with E-state index >= 15 is 0 Å². The maximum atomic E-state index is 4.48. The van der Waals surface area contributed by atoms with Crippen LogP contribution in [0, 0.1) is 0 Å². The third-order valence-electron chi connectivity index (χ3n) is 2.00. The molecule has 0 aromatic carbocycles. The molecule has 0 bridgehead atoms. The van der Waals surface area contributed by atoms with E-state index < -0.39 is 0 Å². The summed E-state index contributed by atoms with van der Waals surface area (Å²) in [5.74, 6) is 0. The van der Waals surface area contributed by atoms with Gasteiger partial charge in [0.1, 0.15) is 0 Å². The van der Waals surface area contributed by atoms with Crippen LogP contribution in [0.1, 0.15) is 20.8 Å². The Morgan fingerprint density at radius 3 is 2.31 bits per heavy atom. The third kappa shape index (κ3) is 2.55. The number of nitrogens with zero attached hydrogens (tertiary/aromatic N) is 1. The Morgan fingerprint density at radius 2 is 1.77 bits per heavy atom. The maximum absolute atomic E-state index is 4.48. The summed E-state index contributed by atoms with van der Waals surface area (Å²) in [4.78, 5) is 4.48. The van der Waals surface area contributed by atoms with Gasteiger partial charge in [0.25, 0.3) is 0 Å². The summed E-state index contributed by atoms with van der Waals surface area (Å²) in [7, 11) is 0. The molecule has 1 rings (SSSR count). The van der Waals surface area contributed by atoms with Gasteiger partial charge in [0, 0.05) is 5.70 Å². The Kier molecular flexibility index (Phi) is 3.02. The molecule has 1 nitrogen and oxygen atoms in total. The Morgan fingerprint density at radius 1 is 1.15 bits per heavy atom. The summed E-state index contributed by atoms with van der Waals surface area (Å²) >= 11 is 0. The molecule has 1 aliphatic carbocycles. The van der Waals surface area contributed by atoms with Crippen molar-refractivity contribution in [1.82, 2.24) is 0 Å². The number of hydrogen-bond acceptors (Lipinski definition) is 1. The standard InChI is InChI=1S/C12H15N/c1-9(2)11(4)13-12-8-6-5-7-10(12)3/h5-8H,3H2,1-2,4H3. The SMILES string of the molecule is C=C1C=CC=CC1=NC(C)=C(C)C. The van der Waals surface area contributed by atoms with E-state index in [9.17, 15) is 0 Å². The van der Waals surface area contributed by atoms with Crippen LogP contribution in [0.25, 0.3) is 0 Å². The zero-order valence-electron chi connectivity index (χ0n) is 8.46. The van der Waals surface area contributed by atoms with Crippen LogP contribution in [0.2, 0.25) is 0 Å². The second-order valence-electron chi connectivity index (χ2n) is 3.33. The van der Waals surface area contributed by atoms with Gasteiger partial charge in [0.15, 0.2) is 0 Å². The minimum Gasteiger partial charge on any atom is -0.253 e. The average molecular weight is 173 g/mol. The Hall–Kier alpha value is -1.37. The summed E-state index contributed by atoms with van der Waals surface area (Å²) in [6, 6.07) is 0. The molecule has 0 aromatic heterocycles. The van der Waals surface area contributed by atoms with Gasteiger partial charge < -0.3 is 0 Å². The van der Waals surface area contributed by atoms with E-state index in [0.29, 0.717) is 0 Å². The van der Waals surface area contributed by atoms with Crippen molar-refractivity contribution in [1.29, 1.82) is 0 Å². The molecule has 0 amide bonds. The summed E-state index contributed by atoms with van der Waals surface area (Å²) < 4.78 is 0. The van der Waals surface area contributed by atoms with E-state index in [1.807, 2.05) is 31.2 Å². The second-order valence-corrected chi connectivity index (χ2v) is 3.33. The molecule has 0 aromatic rings. The summed E-state index contributed by atoms with van der Waals surface area (Å²) in [5.41, 5.74) is 4.24. The van der Waals surface area contributed by atoms with E-state index in [0.717, 1.165) is 17.0 Å². The molecular formula is C12H15N. The normalized spacial score (nSPS) is 18.1. The number of rotatable bonds is 1. The van der Waals surface area contributed by atoms with Gasteiger partial charge in [-0.05, 0) is 32.4 Å². The fraction of sp³-hybridized carbons (Fsp3) is 0.250. The molecular weight excluding hydrogens is 158 g/mol. The maximum Gasteiger partial charge on any atom is 0.0699 e. The summed E-state index contributed by atoms with van der Waals surface area (Å²) in [6.07, 6.45) is 7.90. The van der Waals surface area contributed by atoms with E-state index in [4.69, 9.17) is 0 Å². The molecule has 13 heavy (non-hydrogen) atoms. The molecule has 1 heteroatoms. The Bertz CT molecular complexity index is 334. The molecule has 0 saturated heterocycles. The average Bonchev–Trinajstić information content (AvgIpc) is 2.08. The molecule has 0 saturated carbocycles. The minimum absolute atomic E-state index is 0.959. The smallest absolute Gasteiger partial charge is 0.0699 e. The molecule has 0 radical (unpaired) electrons. The molecule has 0 unspecified atom stereocenters. The van der Waals surface area contributed by atoms with Crippen molar-refractivity contribution in [3.05, 3.63) is 47.7 Å². The van der Waals surface area contributed by atoms with Gasteiger partial charge in [-0.25, -0.2) is 0 Å². The lowest BCUT2D eigenvalue weighted by Crippen LogP contribution is -1.98. The molecule has 0 spiro atoms. The van der Waals surface area contributed by atoms with Gasteiger partial charge in [0.05, 0.1) is 5.71 Å². The summed E-state index contributed by atoms with van der Waals surface area (Å²) in [5, 5.41) is 0. The number of allylic oxidation sites excluding steroid dienone is 7. The highest BCUT2D eigenvalue weighted by molar-refractivity contribution is 6.11. The van der Waals surface area contributed by atoms with Crippen molar-refractivity contribution in [2.75, 3.05) is 0 Å². The van der Waals surface area contributed by atoms with Gasteiger partial charge in [0.2, 0.25) is 0 Å². The van der Waals surface area contributed by atoms with Crippen molar-refractivity contribution >= 4 is 5.71 Å². The highest BCUT2D eigenvalue weighted by Gasteiger charge is 2.00. The van der Waals surface area contributed by atoms with Gasteiger partial charge in [-0.15, -0.1) is 0 Å². The molecule has 0 fully saturated rings. The lowest BCUT2D eigenvalue weighted by molar-refractivity contribution is 1.19. The zero-order chi connectivity index (χ0) is 9.84. The third-order valence-corrected chi connectivity index (χ3v) is 2.00. The fourth-order valence-electron chi connectivity index (χ4n) is 0.912. The van der Waals surface area contributed by atoms with Crippen LogP contribution in [-0.2, 0) is 0 Å². The van der Waals surface area contributed by atoms with Crippen LogP contribution < -0.4 is 0 Å². The predicted octanol–water partition coefficient (Wildman–Crippen LogP) is 3.42. The largest absolute Gasteiger partial charge is 0.253 e. The highest BCUT2D eigenvalue weighted by atomic mass is 14.7. The molecule has 0 atom stereocenters. The van der Waals surface area contributed by atoms with Crippen molar-refractivity contribution in [3.63, 3.8) is 0 Å². The van der Waals surface area contributed by atoms with E-state index in [2.05, 4.69) is 25.4 Å². The van der Waals surface area contributed by atoms with E-state index in [1.165, 1.54) is 5.57 Å². The van der Waals surface area contributed by atoms with Crippen molar-refractivity contribution in [2.45, 2.75) is 20.8 Å². The van der Waals surface area contributed by atoms with Gasteiger partial charge in [-0.1, -0.05) is 30.4 Å². The minimum atomic E-state index is 0.959. The second kappa shape index (κ2) is 4.04. The van der Waals surface area contributed by atoms with Crippen LogP contribution in [0.3, 0.4) is 0 Å². The first-order valence-corrected chi connectivity index (χ1v) is 4.38. The van der Waals surface area contributed by atoms with Crippen LogP contribution in [0.5, 0.6) is 0 Å². The molecule has 68 valence electrons. The topological polar surface area (TPSA) is 12.4 Å². The van der Waals surface area contributed by atoms with Gasteiger partial charge in [-0.2, -0.15) is 0 Å². The molecule has 0 aliphatic heterocycles. The van der Waals surface area contributed by atoms with Gasteiger partial charge >= 0.3 is 0 Å². The van der Waals surface area contributed by atoms with E-state index in [-0.39, 0.29) is 0 Å². The van der Waals surface area contributed by atoms with Crippen LogP contribution >= 0.6 is 0 Å². The van der Waals surface area contributed by atoms with Crippen molar-refractivity contribution in [3.8, 4) is 0 Å². The number of aliphatic imine (C=N–C) groups is 1. The predicted molar refractivity (Wildman–Crippen MR) is 58.9 cm³/mol. The lowest BCUT2D eigenvalue weighted by Gasteiger charge is -2.05.